The van der Waals surface area contributed by atoms with Gasteiger partial charge in [-0.15, -0.1) is 0 Å². The molecule has 0 bridgehead atoms. The highest BCUT2D eigenvalue weighted by molar-refractivity contribution is 5.61. The van der Waals surface area contributed by atoms with E-state index in [1.54, 1.807) is 6.20 Å². The predicted octanol–water partition coefficient (Wildman–Crippen LogP) is 2.55. The molecule has 1 heterocycles. The molecular weight excluding hydrogens is 146 g/mol. The van der Waals surface area contributed by atoms with E-state index in [1.165, 1.54) is 0 Å². The maximum absolute atomic E-state index is 4.05. The minimum absolute atomic E-state index is 1.13. The fourth-order valence-corrected chi connectivity index (χ4v) is 1.11. The van der Waals surface area contributed by atoms with Crippen LogP contribution < -0.4 is 0 Å². The third kappa shape index (κ3) is 1.35. The van der Waals surface area contributed by atoms with E-state index in [2.05, 4.69) is 11.1 Å². The van der Waals surface area contributed by atoms with Gasteiger partial charge in [-0.05, 0) is 23.8 Å². The first-order chi connectivity index (χ1) is 5.97. The predicted molar refractivity (Wildman–Crippen MR) is 48.5 cm³/mol. The van der Waals surface area contributed by atoms with Crippen LogP contribution in [0.1, 0.15) is 0 Å². The van der Waals surface area contributed by atoms with Crippen LogP contribution in [0.25, 0.3) is 11.1 Å². The van der Waals surface area contributed by atoms with Crippen LogP contribution in [0.4, 0.5) is 0 Å². The van der Waals surface area contributed by atoms with Gasteiger partial charge in [-0.3, -0.25) is 4.98 Å². The van der Waals surface area contributed by atoms with Gasteiger partial charge >= 0.3 is 0 Å². The summed E-state index contributed by atoms with van der Waals surface area (Å²) >= 11 is 0. The van der Waals surface area contributed by atoms with Crippen molar-refractivity contribution in [2.24, 2.45) is 0 Å². The van der Waals surface area contributed by atoms with Gasteiger partial charge in [0.15, 0.2) is 0 Å². The number of hydrogen-bond donors (Lipinski definition) is 0. The second-order valence-corrected chi connectivity index (χ2v) is 2.53. The molecule has 0 saturated carbocycles. The zero-order valence-electron chi connectivity index (χ0n) is 6.57. The summed E-state index contributed by atoms with van der Waals surface area (Å²) < 4.78 is 0. The van der Waals surface area contributed by atoms with Crippen LogP contribution >= 0.6 is 0 Å². The number of nitrogens with zero attached hydrogens (tertiary/aromatic N) is 1. The Morgan fingerprint density at radius 3 is 2.67 bits per heavy atom. The van der Waals surface area contributed by atoms with Gasteiger partial charge < -0.3 is 0 Å². The topological polar surface area (TPSA) is 12.9 Å². The first-order valence-corrected chi connectivity index (χ1v) is 3.83. The molecule has 1 aromatic carbocycles. The van der Waals surface area contributed by atoms with Crippen molar-refractivity contribution in [1.29, 1.82) is 0 Å². The normalized spacial score (nSPS) is 9.67. The minimum atomic E-state index is 1.13. The lowest BCUT2D eigenvalue weighted by Gasteiger charge is -1.97. The SMILES string of the molecule is [c]1cccc(-c2cccnc2)c1. The van der Waals surface area contributed by atoms with Crippen LogP contribution in [-0.2, 0) is 0 Å². The van der Waals surface area contributed by atoms with Crippen molar-refractivity contribution in [2.75, 3.05) is 0 Å². The molecule has 2 aromatic rings. The van der Waals surface area contributed by atoms with Crippen LogP contribution in [0, 0.1) is 6.07 Å². The summed E-state index contributed by atoms with van der Waals surface area (Å²) in [6, 6.07) is 14.9. The minimum Gasteiger partial charge on any atom is -0.264 e. The van der Waals surface area contributed by atoms with Gasteiger partial charge in [0.05, 0.1) is 0 Å². The largest absolute Gasteiger partial charge is 0.264 e. The molecule has 0 aliphatic carbocycles. The van der Waals surface area contributed by atoms with Crippen LogP contribution in [0.3, 0.4) is 0 Å². The van der Waals surface area contributed by atoms with E-state index in [1.807, 2.05) is 42.6 Å². The first-order valence-electron chi connectivity index (χ1n) is 3.83. The number of rotatable bonds is 1. The lowest BCUT2D eigenvalue weighted by Crippen LogP contribution is -1.76. The number of aromatic nitrogens is 1. The second kappa shape index (κ2) is 3.18. The average Bonchev–Trinajstić information content (AvgIpc) is 2.21. The third-order valence-electron chi connectivity index (χ3n) is 1.70. The lowest BCUT2D eigenvalue weighted by molar-refractivity contribution is 1.33. The molecule has 0 fully saturated rings. The van der Waals surface area contributed by atoms with Crippen molar-refractivity contribution in [3.63, 3.8) is 0 Å². The molecule has 1 aromatic heterocycles. The molecule has 0 aliphatic rings. The molecule has 0 N–H and O–H groups in total. The Labute approximate surface area is 71.7 Å². The highest BCUT2D eigenvalue weighted by Crippen LogP contribution is 2.15. The number of hydrogen-bond acceptors (Lipinski definition) is 1. The average molecular weight is 154 g/mol. The van der Waals surface area contributed by atoms with Crippen molar-refractivity contribution in [2.45, 2.75) is 0 Å². The van der Waals surface area contributed by atoms with Crippen molar-refractivity contribution < 1.29 is 0 Å². The highest BCUT2D eigenvalue weighted by Gasteiger charge is 1.92. The van der Waals surface area contributed by atoms with E-state index < -0.39 is 0 Å². The Morgan fingerprint density at radius 1 is 1.08 bits per heavy atom. The summed E-state index contributed by atoms with van der Waals surface area (Å²) in [5, 5.41) is 0. The zero-order valence-corrected chi connectivity index (χ0v) is 6.57. The van der Waals surface area contributed by atoms with E-state index >= 15 is 0 Å². The van der Waals surface area contributed by atoms with E-state index in [4.69, 9.17) is 0 Å². The van der Waals surface area contributed by atoms with Crippen LogP contribution in [0.5, 0.6) is 0 Å². The third-order valence-corrected chi connectivity index (χ3v) is 1.70. The quantitative estimate of drug-likeness (QED) is 0.615. The Bertz CT molecular complexity index is 302. The summed E-state index contributed by atoms with van der Waals surface area (Å²) in [6.45, 7) is 0. The van der Waals surface area contributed by atoms with Crippen molar-refractivity contribution >= 4 is 0 Å². The van der Waals surface area contributed by atoms with Gasteiger partial charge in [0.1, 0.15) is 0 Å². The molecule has 0 amide bonds. The van der Waals surface area contributed by atoms with Crippen LogP contribution in [0.15, 0.2) is 48.8 Å². The molecule has 0 saturated heterocycles. The summed E-state index contributed by atoms with van der Waals surface area (Å²) in [6.07, 6.45) is 3.62. The highest BCUT2D eigenvalue weighted by atomic mass is 14.6. The molecule has 0 atom stereocenters. The van der Waals surface area contributed by atoms with Crippen LogP contribution in [0.2, 0.25) is 0 Å². The number of benzene rings is 1. The molecule has 2 rings (SSSR count). The zero-order chi connectivity index (χ0) is 8.23. The monoisotopic (exact) mass is 154 g/mol. The Balaban J connectivity index is 2.46. The Morgan fingerprint density at radius 2 is 2.00 bits per heavy atom. The van der Waals surface area contributed by atoms with E-state index in [-0.39, 0.29) is 0 Å². The summed E-state index contributed by atoms with van der Waals surface area (Å²) in [4.78, 5) is 4.05. The van der Waals surface area contributed by atoms with Gasteiger partial charge in [0.25, 0.3) is 0 Å². The fourth-order valence-electron chi connectivity index (χ4n) is 1.11. The van der Waals surface area contributed by atoms with E-state index in [9.17, 15) is 0 Å². The maximum Gasteiger partial charge on any atom is 0.0346 e. The smallest absolute Gasteiger partial charge is 0.0346 e. The van der Waals surface area contributed by atoms with Crippen molar-refractivity contribution in [3.05, 3.63) is 54.9 Å². The molecule has 12 heavy (non-hydrogen) atoms. The molecule has 0 aliphatic heterocycles. The molecule has 57 valence electrons. The standard InChI is InChI=1S/C11H8N/c1-2-5-10(6-3-1)11-7-4-8-12-9-11/h1-2,4-9H. The van der Waals surface area contributed by atoms with E-state index in [0.717, 1.165) is 11.1 Å². The Kier molecular flexibility index (Phi) is 1.87. The maximum atomic E-state index is 4.05. The first kappa shape index (κ1) is 7.04. The van der Waals surface area contributed by atoms with Gasteiger partial charge in [-0.1, -0.05) is 24.3 Å². The molecule has 1 nitrogen and oxygen atoms in total. The van der Waals surface area contributed by atoms with Crippen molar-refractivity contribution in [1.82, 2.24) is 4.98 Å². The van der Waals surface area contributed by atoms with Gasteiger partial charge in [-0.25, -0.2) is 0 Å². The summed E-state index contributed by atoms with van der Waals surface area (Å²) in [5.74, 6) is 0. The lowest BCUT2D eigenvalue weighted by atomic mass is 10.1. The van der Waals surface area contributed by atoms with Crippen molar-refractivity contribution in [3.8, 4) is 11.1 Å². The second-order valence-electron chi connectivity index (χ2n) is 2.53. The van der Waals surface area contributed by atoms with E-state index in [0.29, 0.717) is 0 Å². The fraction of sp³-hybridized carbons (Fsp3) is 0. The molecular formula is C11H8N. The van der Waals surface area contributed by atoms with Gasteiger partial charge in [0, 0.05) is 18.0 Å². The van der Waals surface area contributed by atoms with Gasteiger partial charge in [0.2, 0.25) is 0 Å². The number of pyridine rings is 1. The summed E-state index contributed by atoms with van der Waals surface area (Å²) in [7, 11) is 0. The molecule has 1 heteroatoms. The molecule has 1 radical (unpaired) electrons. The molecule has 0 spiro atoms. The van der Waals surface area contributed by atoms with Gasteiger partial charge in [-0.2, -0.15) is 0 Å². The summed E-state index contributed by atoms with van der Waals surface area (Å²) in [5.41, 5.74) is 2.29. The Hall–Kier alpha value is -1.63. The molecule has 0 unspecified atom stereocenters. The van der Waals surface area contributed by atoms with Crippen LogP contribution in [-0.4, -0.2) is 4.98 Å².